The van der Waals surface area contributed by atoms with Gasteiger partial charge < -0.3 is 20.3 Å². The second-order valence-corrected chi connectivity index (χ2v) is 5.00. The van der Waals surface area contributed by atoms with Crippen LogP contribution in [0.1, 0.15) is 26.3 Å². The van der Waals surface area contributed by atoms with Gasteiger partial charge in [-0.3, -0.25) is 0 Å². The lowest BCUT2D eigenvalue weighted by molar-refractivity contribution is 0.0534. The summed E-state index contributed by atoms with van der Waals surface area (Å²) < 4.78 is 5.06. The summed E-state index contributed by atoms with van der Waals surface area (Å²) in [7, 11) is 0. The summed E-state index contributed by atoms with van der Waals surface area (Å²) in [4.78, 5) is 11.3. The third-order valence-corrected chi connectivity index (χ3v) is 2.11. The highest BCUT2D eigenvalue weighted by Gasteiger charge is 2.14. The molecule has 1 amide bonds. The molecule has 0 aliphatic rings. The number of hydrogen-bond donors (Lipinski definition) is 3. The Hall–Kier alpha value is -2.17. The number of phenols is 2. The number of carbonyl (C=O) groups is 1. The maximum Gasteiger partial charge on any atom is 0.407 e. The van der Waals surface area contributed by atoms with Crippen LogP contribution in [0.3, 0.4) is 0 Å². The number of phenolic OH excluding ortho intramolecular Hbond substituents is 2. The minimum absolute atomic E-state index is 0.178. The predicted molar refractivity (Wildman–Crippen MR) is 73.0 cm³/mol. The molecule has 0 unspecified atom stereocenters. The Bertz CT molecular complexity index is 475. The molecule has 0 spiro atoms. The summed E-state index contributed by atoms with van der Waals surface area (Å²) in [5.41, 5.74) is -0.0527. The van der Waals surface area contributed by atoms with Crippen LogP contribution in [0.5, 0.6) is 11.5 Å². The number of alkyl carbamates (subject to hydrolysis) is 1. The van der Waals surface area contributed by atoms with Crippen molar-refractivity contribution in [3.8, 4) is 11.5 Å². The number of aromatic hydroxyl groups is 2. The van der Waals surface area contributed by atoms with Crippen LogP contribution in [0.4, 0.5) is 4.79 Å². The van der Waals surface area contributed by atoms with E-state index in [1.165, 1.54) is 6.07 Å². The van der Waals surface area contributed by atoms with Gasteiger partial charge in [0.25, 0.3) is 0 Å². The van der Waals surface area contributed by atoms with Crippen molar-refractivity contribution in [1.29, 1.82) is 0 Å². The van der Waals surface area contributed by atoms with Crippen molar-refractivity contribution in [2.75, 3.05) is 6.54 Å². The standard InChI is InChI=1S/C14H19NO4/c1-14(2,3)19-13(18)15-9-5-7-10-6-4-8-11(16)12(10)17/h4-8,16-17H,9H2,1-3H3,(H,15,18). The van der Waals surface area contributed by atoms with Gasteiger partial charge in [0.05, 0.1) is 0 Å². The molecule has 0 bridgehead atoms. The second-order valence-electron chi connectivity index (χ2n) is 5.00. The fraction of sp³-hybridized carbons (Fsp3) is 0.357. The van der Waals surface area contributed by atoms with Crippen LogP contribution < -0.4 is 5.32 Å². The third kappa shape index (κ3) is 5.33. The first-order valence-corrected chi connectivity index (χ1v) is 5.94. The highest BCUT2D eigenvalue weighted by Crippen LogP contribution is 2.28. The summed E-state index contributed by atoms with van der Waals surface area (Å²) in [6, 6.07) is 4.67. The largest absolute Gasteiger partial charge is 0.504 e. The summed E-state index contributed by atoms with van der Waals surface area (Å²) >= 11 is 0. The Labute approximate surface area is 112 Å². The normalized spacial score (nSPS) is 11.5. The Kier molecular flexibility index (Phi) is 4.80. The zero-order valence-electron chi connectivity index (χ0n) is 11.3. The van der Waals surface area contributed by atoms with E-state index >= 15 is 0 Å². The van der Waals surface area contributed by atoms with Gasteiger partial charge in [-0.1, -0.05) is 24.3 Å². The predicted octanol–water partition coefficient (Wildman–Crippen LogP) is 2.64. The molecule has 0 radical (unpaired) electrons. The van der Waals surface area contributed by atoms with E-state index in [1.54, 1.807) is 45.1 Å². The van der Waals surface area contributed by atoms with Crippen LogP contribution in [0.25, 0.3) is 6.08 Å². The molecule has 5 heteroatoms. The Balaban J connectivity index is 2.47. The fourth-order valence-electron chi connectivity index (χ4n) is 1.33. The average molecular weight is 265 g/mol. The molecule has 1 rings (SSSR count). The maximum atomic E-state index is 11.3. The SMILES string of the molecule is CC(C)(C)OC(=O)NCC=Cc1cccc(O)c1O. The first-order valence-electron chi connectivity index (χ1n) is 5.94. The molecular weight excluding hydrogens is 246 g/mol. The van der Waals surface area contributed by atoms with Gasteiger partial charge in [-0.2, -0.15) is 0 Å². The van der Waals surface area contributed by atoms with Crippen molar-refractivity contribution in [2.24, 2.45) is 0 Å². The molecule has 5 nitrogen and oxygen atoms in total. The lowest BCUT2D eigenvalue weighted by Gasteiger charge is -2.19. The monoisotopic (exact) mass is 265 g/mol. The number of para-hydroxylation sites is 1. The molecule has 104 valence electrons. The minimum Gasteiger partial charge on any atom is -0.504 e. The van der Waals surface area contributed by atoms with E-state index < -0.39 is 11.7 Å². The van der Waals surface area contributed by atoms with Crippen molar-refractivity contribution in [3.63, 3.8) is 0 Å². The molecule has 0 aliphatic carbocycles. The highest BCUT2D eigenvalue weighted by molar-refractivity contribution is 5.68. The first kappa shape index (κ1) is 14.9. The molecule has 0 aliphatic heterocycles. The molecule has 19 heavy (non-hydrogen) atoms. The molecule has 0 saturated heterocycles. The van der Waals surface area contributed by atoms with Crippen molar-refractivity contribution >= 4 is 12.2 Å². The van der Waals surface area contributed by atoms with Gasteiger partial charge in [0.15, 0.2) is 11.5 Å². The van der Waals surface area contributed by atoms with E-state index in [-0.39, 0.29) is 18.0 Å². The van der Waals surface area contributed by atoms with Gasteiger partial charge >= 0.3 is 6.09 Å². The number of amides is 1. The molecule has 0 aromatic heterocycles. The number of benzene rings is 1. The number of rotatable bonds is 3. The molecule has 1 aromatic carbocycles. The summed E-state index contributed by atoms with van der Waals surface area (Å²) in [5.74, 6) is -0.363. The van der Waals surface area contributed by atoms with Crippen LogP contribution in [0, 0.1) is 0 Å². The summed E-state index contributed by atoms with van der Waals surface area (Å²) in [6.07, 6.45) is 2.75. The number of hydrogen-bond acceptors (Lipinski definition) is 4. The lowest BCUT2D eigenvalue weighted by atomic mass is 10.1. The Morgan fingerprint density at radius 1 is 1.37 bits per heavy atom. The van der Waals surface area contributed by atoms with Crippen molar-refractivity contribution in [1.82, 2.24) is 5.32 Å². The van der Waals surface area contributed by atoms with Gasteiger partial charge in [0.1, 0.15) is 5.60 Å². The molecular formula is C14H19NO4. The summed E-state index contributed by atoms with van der Waals surface area (Å²) in [6.45, 7) is 5.62. The quantitative estimate of drug-likeness (QED) is 0.734. The zero-order chi connectivity index (χ0) is 14.5. The summed E-state index contributed by atoms with van der Waals surface area (Å²) in [5, 5.41) is 21.4. The molecule has 1 aromatic rings. The zero-order valence-corrected chi connectivity index (χ0v) is 11.3. The van der Waals surface area contributed by atoms with E-state index in [0.717, 1.165) is 0 Å². The molecule has 0 saturated carbocycles. The van der Waals surface area contributed by atoms with Gasteiger partial charge in [-0.15, -0.1) is 0 Å². The van der Waals surface area contributed by atoms with Crippen molar-refractivity contribution < 1.29 is 19.7 Å². The van der Waals surface area contributed by atoms with E-state index in [9.17, 15) is 15.0 Å². The minimum atomic E-state index is -0.530. The molecule has 3 N–H and O–H groups in total. The van der Waals surface area contributed by atoms with Crippen LogP contribution in [0.2, 0.25) is 0 Å². The van der Waals surface area contributed by atoms with Crippen molar-refractivity contribution in [3.05, 3.63) is 29.8 Å². The van der Waals surface area contributed by atoms with E-state index in [0.29, 0.717) is 5.56 Å². The van der Waals surface area contributed by atoms with E-state index in [4.69, 9.17) is 4.74 Å². The second kappa shape index (κ2) is 6.13. The van der Waals surface area contributed by atoms with Gasteiger partial charge in [-0.05, 0) is 26.8 Å². The lowest BCUT2D eigenvalue weighted by Crippen LogP contribution is -2.32. The van der Waals surface area contributed by atoms with Gasteiger partial charge in [-0.25, -0.2) is 4.79 Å². The third-order valence-electron chi connectivity index (χ3n) is 2.11. The van der Waals surface area contributed by atoms with Crippen LogP contribution in [0.15, 0.2) is 24.3 Å². The van der Waals surface area contributed by atoms with E-state index in [1.807, 2.05) is 0 Å². The van der Waals surface area contributed by atoms with Gasteiger partial charge in [0, 0.05) is 12.1 Å². The molecule has 0 atom stereocenters. The smallest absolute Gasteiger partial charge is 0.407 e. The maximum absolute atomic E-state index is 11.3. The van der Waals surface area contributed by atoms with Crippen LogP contribution >= 0.6 is 0 Å². The Morgan fingerprint density at radius 2 is 2.05 bits per heavy atom. The highest BCUT2D eigenvalue weighted by atomic mass is 16.6. The topological polar surface area (TPSA) is 78.8 Å². The number of nitrogens with one attached hydrogen (secondary N) is 1. The number of ether oxygens (including phenoxy) is 1. The van der Waals surface area contributed by atoms with Gasteiger partial charge in [0.2, 0.25) is 0 Å². The first-order chi connectivity index (χ1) is 8.79. The Morgan fingerprint density at radius 3 is 2.68 bits per heavy atom. The van der Waals surface area contributed by atoms with Crippen molar-refractivity contribution in [2.45, 2.75) is 26.4 Å². The van der Waals surface area contributed by atoms with E-state index in [2.05, 4.69) is 5.32 Å². The average Bonchev–Trinajstić information content (AvgIpc) is 2.27. The molecule has 0 heterocycles. The molecule has 0 fully saturated rings. The fourth-order valence-corrected chi connectivity index (χ4v) is 1.33. The van der Waals surface area contributed by atoms with Crippen LogP contribution in [-0.4, -0.2) is 28.5 Å². The number of carbonyl (C=O) groups excluding carboxylic acids is 1. The van der Waals surface area contributed by atoms with Crippen LogP contribution in [-0.2, 0) is 4.74 Å².